The van der Waals surface area contributed by atoms with Crippen LogP contribution in [-0.2, 0) is 6.54 Å². The van der Waals surface area contributed by atoms with E-state index in [9.17, 15) is 9.18 Å². The molecule has 0 fully saturated rings. The third-order valence-electron chi connectivity index (χ3n) is 5.09. The van der Waals surface area contributed by atoms with Gasteiger partial charge in [0.05, 0.1) is 23.6 Å². The average molecular weight is 440 g/mol. The van der Waals surface area contributed by atoms with E-state index in [1.165, 1.54) is 12.1 Å². The van der Waals surface area contributed by atoms with Crippen LogP contribution in [0.5, 0.6) is 0 Å². The predicted molar refractivity (Wildman–Crippen MR) is 124 cm³/mol. The number of pyridine rings is 1. The lowest BCUT2D eigenvalue weighted by atomic mass is 10.0. The second kappa shape index (κ2) is 8.77. The van der Waals surface area contributed by atoms with Gasteiger partial charge in [0.2, 0.25) is 0 Å². The molecule has 1 aliphatic rings. The highest BCUT2D eigenvalue weighted by Crippen LogP contribution is 2.41. The Morgan fingerprint density at radius 1 is 0.906 bits per heavy atom. The van der Waals surface area contributed by atoms with E-state index >= 15 is 0 Å². The number of nitrogens with zero attached hydrogens (tertiary/aromatic N) is 2. The molecule has 4 aromatic rings. The zero-order chi connectivity index (χ0) is 21.9. The Balaban J connectivity index is 1.51. The minimum absolute atomic E-state index is 0.191. The van der Waals surface area contributed by atoms with Crippen LogP contribution in [0.3, 0.4) is 0 Å². The Morgan fingerprint density at radius 2 is 1.72 bits per heavy atom. The molecule has 5 rings (SSSR count). The zero-order valence-electron chi connectivity index (χ0n) is 17.0. The Bertz CT molecular complexity index is 1320. The van der Waals surface area contributed by atoms with Crippen LogP contribution >= 0.6 is 11.8 Å². The van der Waals surface area contributed by atoms with Gasteiger partial charge in [-0.15, -0.1) is 0 Å². The summed E-state index contributed by atoms with van der Waals surface area (Å²) in [6.07, 6.45) is 1.70. The summed E-state index contributed by atoms with van der Waals surface area (Å²) < 4.78 is 13.5. The van der Waals surface area contributed by atoms with Crippen molar-refractivity contribution in [3.8, 4) is 0 Å². The summed E-state index contributed by atoms with van der Waals surface area (Å²) in [4.78, 5) is 23.9. The number of hydrogen-bond donors (Lipinski definition) is 1. The number of halogens is 1. The fourth-order valence-electron chi connectivity index (χ4n) is 3.49. The van der Waals surface area contributed by atoms with E-state index < -0.39 is 0 Å². The van der Waals surface area contributed by atoms with Crippen molar-refractivity contribution in [2.24, 2.45) is 4.99 Å². The van der Waals surface area contributed by atoms with E-state index in [0.717, 1.165) is 32.3 Å². The first-order valence-corrected chi connectivity index (χ1v) is 10.9. The number of nitrogens with one attached hydrogen (secondary N) is 1. The molecule has 1 amide bonds. The van der Waals surface area contributed by atoms with Crippen molar-refractivity contribution in [1.29, 1.82) is 0 Å². The first kappa shape index (κ1) is 20.2. The first-order chi connectivity index (χ1) is 15.7. The molecule has 0 atom stereocenters. The molecule has 0 bridgehead atoms. The van der Waals surface area contributed by atoms with Crippen LogP contribution in [0.1, 0.15) is 27.2 Å². The van der Waals surface area contributed by atoms with Crippen molar-refractivity contribution in [3.05, 3.63) is 119 Å². The van der Waals surface area contributed by atoms with E-state index in [0.29, 0.717) is 17.8 Å². The number of fused-ring (bicyclic) bond motifs is 2. The standard InChI is InChI=1S/C26H18FN3OS/c27-19-11-8-17(9-12-19)25-21-6-1-2-7-23(21)32-24-13-10-18(15-22(24)30-25)26(31)29-16-20-5-3-4-14-28-20/h1-15H,16H2,(H,29,31). The minimum atomic E-state index is -0.294. The number of aliphatic imine (C=N–C) groups is 1. The maximum absolute atomic E-state index is 13.5. The molecular formula is C26H18FN3OS. The maximum atomic E-state index is 13.5. The van der Waals surface area contributed by atoms with Crippen molar-refractivity contribution in [2.75, 3.05) is 0 Å². The van der Waals surface area contributed by atoms with Crippen LogP contribution in [0.4, 0.5) is 10.1 Å². The van der Waals surface area contributed by atoms with Crippen molar-refractivity contribution in [3.63, 3.8) is 0 Å². The van der Waals surface area contributed by atoms with Crippen LogP contribution in [0, 0.1) is 5.82 Å². The van der Waals surface area contributed by atoms with Crippen LogP contribution in [0.15, 0.2) is 106 Å². The fourth-order valence-corrected chi connectivity index (χ4v) is 4.49. The highest BCUT2D eigenvalue weighted by atomic mass is 32.2. The fraction of sp³-hybridized carbons (Fsp3) is 0.0385. The molecule has 1 N–H and O–H groups in total. The first-order valence-electron chi connectivity index (χ1n) is 10.1. The van der Waals surface area contributed by atoms with Gasteiger partial charge in [0.15, 0.2) is 0 Å². The number of aromatic nitrogens is 1. The normalized spacial score (nSPS) is 12.2. The lowest BCUT2D eigenvalue weighted by Gasteiger charge is -2.08. The molecule has 1 aliphatic heterocycles. The molecular weight excluding hydrogens is 421 g/mol. The molecule has 0 spiro atoms. The number of amides is 1. The van der Waals surface area contributed by atoms with Gasteiger partial charge in [-0.3, -0.25) is 9.78 Å². The van der Waals surface area contributed by atoms with Crippen molar-refractivity contribution in [2.45, 2.75) is 16.3 Å². The van der Waals surface area contributed by atoms with Crippen molar-refractivity contribution < 1.29 is 9.18 Å². The zero-order valence-corrected chi connectivity index (χ0v) is 17.8. The van der Waals surface area contributed by atoms with Gasteiger partial charge in [-0.1, -0.05) is 36.0 Å². The lowest BCUT2D eigenvalue weighted by Crippen LogP contribution is -2.23. The molecule has 0 aliphatic carbocycles. The monoisotopic (exact) mass is 439 g/mol. The third-order valence-corrected chi connectivity index (χ3v) is 6.23. The molecule has 156 valence electrons. The highest BCUT2D eigenvalue weighted by Gasteiger charge is 2.20. The summed E-state index contributed by atoms with van der Waals surface area (Å²) in [5.41, 5.74) is 4.55. The number of carbonyl (C=O) groups excluding carboxylic acids is 1. The number of benzene rings is 3. The summed E-state index contributed by atoms with van der Waals surface area (Å²) in [5, 5.41) is 2.91. The van der Waals surface area contributed by atoms with E-state index in [1.807, 2.05) is 48.5 Å². The Hall–Kier alpha value is -3.77. The maximum Gasteiger partial charge on any atom is 0.251 e. The number of hydrogen-bond acceptors (Lipinski definition) is 4. The van der Waals surface area contributed by atoms with Gasteiger partial charge in [-0.25, -0.2) is 9.38 Å². The quantitative estimate of drug-likeness (QED) is 0.386. The second-order valence-electron chi connectivity index (χ2n) is 7.25. The van der Waals surface area contributed by atoms with E-state index in [-0.39, 0.29) is 11.7 Å². The van der Waals surface area contributed by atoms with Gasteiger partial charge in [0.1, 0.15) is 5.82 Å². The van der Waals surface area contributed by atoms with E-state index in [2.05, 4.69) is 10.3 Å². The summed E-state index contributed by atoms with van der Waals surface area (Å²) in [7, 11) is 0. The molecule has 6 heteroatoms. The average Bonchev–Trinajstić information content (AvgIpc) is 3.00. The van der Waals surface area contributed by atoms with Crippen LogP contribution in [0.25, 0.3) is 0 Å². The van der Waals surface area contributed by atoms with Crippen molar-refractivity contribution >= 4 is 29.1 Å². The number of carbonyl (C=O) groups is 1. The van der Waals surface area contributed by atoms with Gasteiger partial charge >= 0.3 is 0 Å². The Labute approximate surface area is 189 Å². The van der Waals surface area contributed by atoms with Crippen LogP contribution in [0.2, 0.25) is 0 Å². The summed E-state index contributed by atoms with van der Waals surface area (Å²) >= 11 is 1.61. The molecule has 0 unspecified atom stereocenters. The summed E-state index contributed by atoms with van der Waals surface area (Å²) in [6, 6.07) is 25.4. The molecule has 1 aromatic heterocycles. The molecule has 0 saturated carbocycles. The van der Waals surface area contributed by atoms with Gasteiger partial charge in [-0.2, -0.15) is 0 Å². The third kappa shape index (κ3) is 4.18. The lowest BCUT2D eigenvalue weighted by molar-refractivity contribution is 0.0950. The smallest absolute Gasteiger partial charge is 0.251 e. The second-order valence-corrected chi connectivity index (χ2v) is 8.34. The molecule has 3 aromatic carbocycles. The van der Waals surface area contributed by atoms with E-state index in [4.69, 9.17) is 4.99 Å². The Kier molecular flexibility index (Phi) is 5.52. The summed E-state index contributed by atoms with van der Waals surface area (Å²) in [5.74, 6) is -0.485. The number of rotatable bonds is 4. The largest absolute Gasteiger partial charge is 0.346 e. The van der Waals surface area contributed by atoms with Gasteiger partial charge in [0.25, 0.3) is 5.91 Å². The van der Waals surface area contributed by atoms with Gasteiger partial charge < -0.3 is 5.32 Å². The molecule has 2 heterocycles. The predicted octanol–water partition coefficient (Wildman–Crippen LogP) is 5.78. The van der Waals surface area contributed by atoms with Gasteiger partial charge in [-0.05, 0) is 60.7 Å². The molecule has 32 heavy (non-hydrogen) atoms. The topological polar surface area (TPSA) is 54.4 Å². The van der Waals surface area contributed by atoms with Crippen LogP contribution in [-0.4, -0.2) is 16.6 Å². The van der Waals surface area contributed by atoms with E-state index in [1.54, 1.807) is 42.2 Å². The molecule has 0 saturated heterocycles. The minimum Gasteiger partial charge on any atom is -0.346 e. The molecule has 4 nitrogen and oxygen atoms in total. The van der Waals surface area contributed by atoms with Crippen LogP contribution < -0.4 is 5.32 Å². The Morgan fingerprint density at radius 3 is 2.53 bits per heavy atom. The summed E-state index contributed by atoms with van der Waals surface area (Å²) in [6.45, 7) is 0.348. The molecule has 0 radical (unpaired) electrons. The van der Waals surface area contributed by atoms with Gasteiger partial charge in [0, 0.05) is 32.7 Å². The SMILES string of the molecule is O=C(NCc1ccccn1)c1ccc2c(c1)N=C(c1ccc(F)cc1)c1ccccc1S2. The van der Waals surface area contributed by atoms with Crippen molar-refractivity contribution in [1.82, 2.24) is 10.3 Å². The highest BCUT2D eigenvalue weighted by molar-refractivity contribution is 7.99.